The van der Waals surface area contributed by atoms with Gasteiger partial charge in [-0.3, -0.25) is 9.59 Å². The minimum absolute atomic E-state index is 0.00817. The van der Waals surface area contributed by atoms with Crippen LogP contribution in [0.4, 0.5) is 0 Å². The molecular weight excluding hydrogens is 344 g/mol. The van der Waals surface area contributed by atoms with Crippen molar-refractivity contribution in [3.63, 3.8) is 0 Å². The van der Waals surface area contributed by atoms with E-state index in [-0.39, 0.29) is 30.2 Å². The lowest BCUT2D eigenvalue weighted by molar-refractivity contribution is -0.124. The highest BCUT2D eigenvalue weighted by molar-refractivity contribution is 5.96. The van der Waals surface area contributed by atoms with E-state index in [1.165, 1.54) is 6.07 Å². The van der Waals surface area contributed by atoms with Gasteiger partial charge in [0.05, 0.1) is 5.56 Å². The predicted octanol–water partition coefficient (Wildman–Crippen LogP) is 2.50. The summed E-state index contributed by atoms with van der Waals surface area (Å²) in [5.74, 6) is 0.312. The zero-order valence-electron chi connectivity index (χ0n) is 15.4. The summed E-state index contributed by atoms with van der Waals surface area (Å²) in [5.41, 5.74) is 1.45. The van der Waals surface area contributed by atoms with Gasteiger partial charge in [0.15, 0.2) is 6.61 Å². The third-order valence-electron chi connectivity index (χ3n) is 4.67. The molecule has 6 nitrogen and oxygen atoms in total. The second-order valence-corrected chi connectivity index (χ2v) is 6.75. The van der Waals surface area contributed by atoms with Crippen LogP contribution in [0.3, 0.4) is 0 Å². The summed E-state index contributed by atoms with van der Waals surface area (Å²) in [4.78, 5) is 26.3. The maximum absolute atomic E-state index is 12.5. The number of carbonyl (C=O) groups excluding carboxylic acids is 2. The third-order valence-corrected chi connectivity index (χ3v) is 4.67. The Bertz CT molecular complexity index is 796. The van der Waals surface area contributed by atoms with Gasteiger partial charge < -0.3 is 20.1 Å². The van der Waals surface area contributed by atoms with Gasteiger partial charge in [-0.15, -0.1) is 0 Å². The van der Waals surface area contributed by atoms with E-state index in [9.17, 15) is 14.7 Å². The number of nitrogens with one attached hydrogen (secondary N) is 1. The number of phenolic OH excluding ortho intramolecular Hbond substituents is 1. The summed E-state index contributed by atoms with van der Waals surface area (Å²) in [5, 5.41) is 12.8. The number of ether oxygens (including phenoxy) is 1. The summed E-state index contributed by atoms with van der Waals surface area (Å²) < 4.78 is 5.49. The van der Waals surface area contributed by atoms with Crippen molar-refractivity contribution in [2.75, 3.05) is 19.7 Å². The number of hydrogen-bond acceptors (Lipinski definition) is 4. The van der Waals surface area contributed by atoms with Gasteiger partial charge in [-0.05, 0) is 44.0 Å². The summed E-state index contributed by atoms with van der Waals surface area (Å²) in [6.45, 7) is 3.04. The molecule has 2 aromatic rings. The molecule has 2 N–H and O–H groups in total. The van der Waals surface area contributed by atoms with Crippen molar-refractivity contribution in [3.05, 3.63) is 59.7 Å². The number of phenols is 1. The van der Waals surface area contributed by atoms with Crippen LogP contribution in [-0.4, -0.2) is 47.6 Å². The monoisotopic (exact) mass is 368 g/mol. The number of amides is 2. The van der Waals surface area contributed by atoms with Crippen LogP contribution in [0.1, 0.15) is 28.8 Å². The molecule has 0 spiro atoms. The molecule has 2 aromatic carbocycles. The summed E-state index contributed by atoms with van der Waals surface area (Å²) in [6.07, 6.45) is 1.35. The Hall–Kier alpha value is -3.02. The number of likely N-dealkylation sites (tertiary alicyclic amines) is 1. The molecule has 1 saturated heterocycles. The molecule has 0 aliphatic carbocycles. The maximum Gasteiger partial charge on any atom is 0.258 e. The SMILES string of the molecule is Cc1ccc(OCC(=O)NC2CCN(C(=O)c3ccccc3O)CC2)cc1. The molecular formula is C21H24N2O4. The molecule has 27 heavy (non-hydrogen) atoms. The van der Waals surface area contributed by atoms with Crippen molar-refractivity contribution in [3.8, 4) is 11.5 Å². The second-order valence-electron chi connectivity index (χ2n) is 6.75. The van der Waals surface area contributed by atoms with Crippen molar-refractivity contribution >= 4 is 11.8 Å². The van der Waals surface area contributed by atoms with E-state index in [2.05, 4.69) is 5.32 Å². The number of carbonyl (C=O) groups is 2. The molecule has 1 aliphatic rings. The number of aryl methyl sites for hydroxylation is 1. The first-order chi connectivity index (χ1) is 13.0. The van der Waals surface area contributed by atoms with Gasteiger partial charge in [-0.25, -0.2) is 0 Å². The number of aromatic hydroxyl groups is 1. The number of para-hydroxylation sites is 1. The Morgan fingerprint density at radius 3 is 2.44 bits per heavy atom. The van der Waals surface area contributed by atoms with Crippen LogP contribution in [-0.2, 0) is 4.79 Å². The molecule has 1 fully saturated rings. The highest BCUT2D eigenvalue weighted by Gasteiger charge is 2.25. The second kappa shape index (κ2) is 8.58. The molecule has 6 heteroatoms. The van der Waals surface area contributed by atoms with Crippen LogP contribution in [0, 0.1) is 6.92 Å². The molecule has 142 valence electrons. The van der Waals surface area contributed by atoms with Gasteiger partial charge in [-0.2, -0.15) is 0 Å². The van der Waals surface area contributed by atoms with E-state index in [1.807, 2.05) is 31.2 Å². The fourth-order valence-corrected chi connectivity index (χ4v) is 3.10. The Labute approximate surface area is 158 Å². The predicted molar refractivity (Wildman–Crippen MR) is 102 cm³/mol. The van der Waals surface area contributed by atoms with Crippen LogP contribution < -0.4 is 10.1 Å². The van der Waals surface area contributed by atoms with Gasteiger partial charge in [0.25, 0.3) is 11.8 Å². The van der Waals surface area contributed by atoms with Crippen LogP contribution in [0.25, 0.3) is 0 Å². The van der Waals surface area contributed by atoms with Gasteiger partial charge in [0.1, 0.15) is 11.5 Å². The van der Waals surface area contributed by atoms with Crippen LogP contribution in [0.5, 0.6) is 11.5 Å². The fraction of sp³-hybridized carbons (Fsp3) is 0.333. The zero-order chi connectivity index (χ0) is 19.2. The van der Waals surface area contributed by atoms with Gasteiger partial charge in [-0.1, -0.05) is 29.8 Å². The topological polar surface area (TPSA) is 78.9 Å². The number of nitrogens with zero attached hydrogens (tertiary/aromatic N) is 1. The van der Waals surface area contributed by atoms with Crippen molar-refractivity contribution in [2.45, 2.75) is 25.8 Å². The number of rotatable bonds is 5. The lowest BCUT2D eigenvalue weighted by Gasteiger charge is -2.32. The third kappa shape index (κ3) is 5.00. The smallest absolute Gasteiger partial charge is 0.258 e. The van der Waals surface area contributed by atoms with Crippen molar-refractivity contribution in [2.24, 2.45) is 0 Å². The quantitative estimate of drug-likeness (QED) is 0.850. The minimum Gasteiger partial charge on any atom is -0.507 e. The van der Waals surface area contributed by atoms with Gasteiger partial charge >= 0.3 is 0 Å². The fourth-order valence-electron chi connectivity index (χ4n) is 3.10. The van der Waals surface area contributed by atoms with E-state index in [1.54, 1.807) is 23.1 Å². The molecule has 0 radical (unpaired) electrons. The van der Waals surface area contributed by atoms with E-state index >= 15 is 0 Å². The van der Waals surface area contributed by atoms with Crippen LogP contribution in [0.2, 0.25) is 0 Å². The van der Waals surface area contributed by atoms with E-state index in [0.29, 0.717) is 37.2 Å². The van der Waals surface area contributed by atoms with Crippen molar-refractivity contribution in [1.82, 2.24) is 10.2 Å². The first kappa shape index (κ1) is 18.8. The number of benzene rings is 2. The standard InChI is InChI=1S/C21H24N2O4/c1-15-6-8-17(9-7-15)27-14-20(25)22-16-10-12-23(13-11-16)21(26)18-4-2-3-5-19(18)24/h2-9,16,24H,10-14H2,1H3,(H,22,25). The molecule has 3 rings (SSSR count). The summed E-state index contributed by atoms with van der Waals surface area (Å²) >= 11 is 0. The summed E-state index contributed by atoms with van der Waals surface area (Å²) in [6, 6.07) is 14.1. The molecule has 1 heterocycles. The highest BCUT2D eigenvalue weighted by atomic mass is 16.5. The van der Waals surface area contributed by atoms with E-state index in [0.717, 1.165) is 5.56 Å². The largest absolute Gasteiger partial charge is 0.507 e. The first-order valence-corrected chi connectivity index (χ1v) is 9.09. The van der Waals surface area contributed by atoms with Gasteiger partial charge in [0.2, 0.25) is 0 Å². The lowest BCUT2D eigenvalue weighted by Crippen LogP contribution is -2.47. The molecule has 0 bridgehead atoms. The lowest BCUT2D eigenvalue weighted by atomic mass is 10.0. The zero-order valence-corrected chi connectivity index (χ0v) is 15.4. The molecule has 0 unspecified atom stereocenters. The van der Waals surface area contributed by atoms with Crippen LogP contribution >= 0.6 is 0 Å². The summed E-state index contributed by atoms with van der Waals surface area (Å²) in [7, 11) is 0. The van der Waals surface area contributed by atoms with Crippen molar-refractivity contribution < 1.29 is 19.4 Å². The molecule has 1 aliphatic heterocycles. The Kier molecular flexibility index (Phi) is 5.96. The molecule has 0 aromatic heterocycles. The average molecular weight is 368 g/mol. The number of piperidine rings is 1. The first-order valence-electron chi connectivity index (χ1n) is 9.09. The van der Waals surface area contributed by atoms with E-state index in [4.69, 9.17) is 4.74 Å². The molecule has 2 amide bonds. The Morgan fingerprint density at radius 2 is 1.78 bits per heavy atom. The Balaban J connectivity index is 1.43. The maximum atomic E-state index is 12.5. The van der Waals surface area contributed by atoms with Crippen molar-refractivity contribution in [1.29, 1.82) is 0 Å². The highest BCUT2D eigenvalue weighted by Crippen LogP contribution is 2.20. The van der Waals surface area contributed by atoms with E-state index < -0.39 is 0 Å². The van der Waals surface area contributed by atoms with Crippen LogP contribution in [0.15, 0.2) is 48.5 Å². The Morgan fingerprint density at radius 1 is 1.11 bits per heavy atom. The normalized spacial score (nSPS) is 14.6. The average Bonchev–Trinajstić information content (AvgIpc) is 2.68. The molecule has 0 saturated carbocycles. The van der Waals surface area contributed by atoms with Gasteiger partial charge in [0, 0.05) is 19.1 Å². The molecule has 0 atom stereocenters. The minimum atomic E-state index is -0.180. The number of hydrogen-bond donors (Lipinski definition) is 2.